The molecule has 0 aliphatic carbocycles. The molecular weight excluding hydrogens is 476 g/mol. The number of hydrogen-bond acceptors (Lipinski definition) is 5. The van der Waals surface area contributed by atoms with Crippen molar-refractivity contribution in [2.75, 3.05) is 25.2 Å². The van der Waals surface area contributed by atoms with Crippen LogP contribution in [0.15, 0.2) is 54.6 Å². The third-order valence-electron chi connectivity index (χ3n) is 6.26. The molecule has 0 saturated heterocycles. The van der Waals surface area contributed by atoms with Crippen LogP contribution in [0.4, 0.5) is 0 Å². The molecule has 2 atom stereocenters. The Morgan fingerprint density at radius 1 is 1.06 bits per heavy atom. The minimum atomic E-state index is -0.824. The van der Waals surface area contributed by atoms with Gasteiger partial charge in [-0.1, -0.05) is 24.3 Å². The summed E-state index contributed by atoms with van der Waals surface area (Å²) in [6.07, 6.45) is 2.54. The van der Waals surface area contributed by atoms with Crippen molar-refractivity contribution in [2.24, 2.45) is 0 Å². The molecule has 4 rings (SSSR count). The van der Waals surface area contributed by atoms with Gasteiger partial charge in [0.1, 0.15) is 23.9 Å². The van der Waals surface area contributed by atoms with Gasteiger partial charge in [0.2, 0.25) is 0 Å². The highest BCUT2D eigenvalue weighted by Gasteiger charge is 2.26. The van der Waals surface area contributed by atoms with Gasteiger partial charge < -0.3 is 19.3 Å². The highest BCUT2D eigenvalue weighted by Crippen LogP contribution is 2.38. The zero-order valence-corrected chi connectivity index (χ0v) is 21.7. The summed E-state index contributed by atoms with van der Waals surface area (Å²) >= 11 is 0. The Balaban J connectivity index is 1.42. The molecule has 1 unspecified atom stereocenters. The lowest BCUT2D eigenvalue weighted by Gasteiger charge is -2.15. The smallest absolute Gasteiger partial charge is 0.304 e. The zero-order chi connectivity index (χ0) is 25.7. The number of hydrogen-bond donors (Lipinski definition) is 1. The summed E-state index contributed by atoms with van der Waals surface area (Å²) < 4.78 is 28.8. The second kappa shape index (κ2) is 11.6. The van der Waals surface area contributed by atoms with Crippen LogP contribution in [0.2, 0.25) is 0 Å². The summed E-state index contributed by atoms with van der Waals surface area (Å²) in [4.78, 5) is 11.1. The summed E-state index contributed by atoms with van der Waals surface area (Å²) in [5.74, 6) is 1.93. The van der Waals surface area contributed by atoms with Crippen molar-refractivity contribution in [3.8, 4) is 28.4 Å². The van der Waals surface area contributed by atoms with Gasteiger partial charge in [-0.05, 0) is 72.4 Å². The van der Waals surface area contributed by atoms with Crippen LogP contribution in [0.25, 0.3) is 11.1 Å². The lowest BCUT2D eigenvalue weighted by atomic mass is 9.94. The van der Waals surface area contributed by atoms with Gasteiger partial charge in [-0.25, -0.2) is 0 Å². The van der Waals surface area contributed by atoms with Gasteiger partial charge in [0.25, 0.3) is 0 Å². The van der Waals surface area contributed by atoms with Crippen LogP contribution in [0.3, 0.4) is 0 Å². The van der Waals surface area contributed by atoms with Crippen molar-refractivity contribution in [3.05, 3.63) is 76.9 Å². The molecule has 0 bridgehead atoms. The molecule has 0 aromatic heterocycles. The maximum absolute atomic E-state index is 11.2. The molecule has 0 radical (unpaired) electrons. The largest absolute Gasteiger partial charge is 0.494 e. The van der Waals surface area contributed by atoms with Crippen molar-refractivity contribution in [3.63, 3.8) is 0 Å². The number of carboxylic acids is 1. The molecule has 7 heteroatoms. The number of ether oxygens (including phenoxy) is 3. The summed E-state index contributed by atoms with van der Waals surface area (Å²) in [7, 11) is -0.797. The molecule has 36 heavy (non-hydrogen) atoms. The molecule has 1 aliphatic heterocycles. The van der Waals surface area contributed by atoms with Crippen LogP contribution in [-0.2, 0) is 22.2 Å². The van der Waals surface area contributed by atoms with E-state index in [1.54, 1.807) is 6.26 Å². The van der Waals surface area contributed by atoms with E-state index in [1.165, 1.54) is 5.56 Å². The first kappa shape index (κ1) is 25.8. The predicted octanol–water partition coefficient (Wildman–Crippen LogP) is 5.65. The maximum Gasteiger partial charge on any atom is 0.304 e. The summed E-state index contributed by atoms with van der Waals surface area (Å²) in [5.41, 5.74) is 6.53. The quantitative estimate of drug-likeness (QED) is 0.337. The van der Waals surface area contributed by atoms with Gasteiger partial charge in [0, 0.05) is 40.4 Å². The summed E-state index contributed by atoms with van der Waals surface area (Å²) in [6.45, 7) is 5.51. The Morgan fingerprint density at radius 2 is 1.83 bits per heavy atom. The van der Waals surface area contributed by atoms with E-state index in [-0.39, 0.29) is 12.3 Å². The predicted molar refractivity (Wildman–Crippen MR) is 142 cm³/mol. The second-order valence-corrected chi connectivity index (χ2v) is 10.8. The van der Waals surface area contributed by atoms with E-state index in [0.29, 0.717) is 37.1 Å². The molecule has 3 aromatic carbocycles. The van der Waals surface area contributed by atoms with Crippen LogP contribution in [-0.4, -0.2) is 40.5 Å². The van der Waals surface area contributed by atoms with Crippen LogP contribution >= 0.6 is 0 Å². The van der Waals surface area contributed by atoms with E-state index >= 15 is 0 Å². The normalized spacial score (nSPS) is 15.1. The van der Waals surface area contributed by atoms with Crippen molar-refractivity contribution >= 4 is 16.8 Å². The van der Waals surface area contributed by atoms with Crippen LogP contribution in [0.5, 0.6) is 17.2 Å². The topological polar surface area (TPSA) is 82.1 Å². The Bertz CT molecular complexity index is 1250. The average Bonchev–Trinajstić information content (AvgIpc) is 3.21. The highest BCUT2D eigenvalue weighted by molar-refractivity contribution is 7.84. The number of aliphatic carboxylic acids is 1. The van der Waals surface area contributed by atoms with E-state index in [9.17, 15) is 9.00 Å². The van der Waals surface area contributed by atoms with Gasteiger partial charge >= 0.3 is 5.97 Å². The van der Waals surface area contributed by atoms with E-state index in [4.69, 9.17) is 19.3 Å². The number of rotatable bonds is 11. The molecule has 0 amide bonds. The highest BCUT2D eigenvalue weighted by atomic mass is 32.2. The summed E-state index contributed by atoms with van der Waals surface area (Å²) in [6, 6.07) is 18.0. The average molecular weight is 509 g/mol. The van der Waals surface area contributed by atoms with Crippen molar-refractivity contribution in [2.45, 2.75) is 39.2 Å². The molecule has 0 saturated carbocycles. The minimum absolute atomic E-state index is 0.0624. The van der Waals surface area contributed by atoms with Crippen LogP contribution < -0.4 is 14.2 Å². The number of benzene rings is 3. The molecule has 1 N–H and O–H groups in total. The summed E-state index contributed by atoms with van der Waals surface area (Å²) in [5, 5.41) is 9.08. The molecule has 1 aliphatic rings. The third-order valence-corrected chi connectivity index (χ3v) is 7.12. The number of carbonyl (C=O) groups is 1. The van der Waals surface area contributed by atoms with Gasteiger partial charge in [-0.2, -0.15) is 0 Å². The molecule has 1 heterocycles. The molecular formula is C29H32O6S. The fourth-order valence-electron chi connectivity index (χ4n) is 4.62. The Labute approximate surface area is 214 Å². The fourth-order valence-corrected chi connectivity index (χ4v) is 5.15. The Morgan fingerprint density at radius 3 is 2.56 bits per heavy atom. The molecule has 0 fully saturated rings. The van der Waals surface area contributed by atoms with Crippen molar-refractivity contribution in [1.82, 2.24) is 0 Å². The molecule has 0 spiro atoms. The second-order valence-electron chi connectivity index (χ2n) is 9.21. The first-order chi connectivity index (χ1) is 17.3. The van der Waals surface area contributed by atoms with E-state index in [1.807, 2.05) is 30.3 Å². The lowest BCUT2D eigenvalue weighted by Crippen LogP contribution is -2.07. The number of carboxylic acid groups (broad SMARTS) is 1. The van der Waals surface area contributed by atoms with E-state index in [0.717, 1.165) is 40.0 Å². The first-order valence-electron chi connectivity index (χ1n) is 12.0. The van der Waals surface area contributed by atoms with E-state index < -0.39 is 16.8 Å². The molecule has 6 nitrogen and oxygen atoms in total. The van der Waals surface area contributed by atoms with Gasteiger partial charge in [0.05, 0.1) is 19.6 Å². The van der Waals surface area contributed by atoms with Crippen LogP contribution in [0.1, 0.15) is 41.0 Å². The number of aryl methyl sites for hydroxylation is 2. The first-order valence-corrected chi connectivity index (χ1v) is 13.8. The Kier molecular flexibility index (Phi) is 8.31. The minimum Gasteiger partial charge on any atom is -0.494 e. The fraction of sp³-hybridized carbons (Fsp3) is 0.345. The monoisotopic (exact) mass is 508 g/mol. The van der Waals surface area contributed by atoms with Crippen molar-refractivity contribution in [1.29, 1.82) is 0 Å². The Hall–Kier alpha value is -3.32. The van der Waals surface area contributed by atoms with Gasteiger partial charge in [-0.15, -0.1) is 0 Å². The van der Waals surface area contributed by atoms with Crippen LogP contribution in [0, 0.1) is 13.8 Å². The van der Waals surface area contributed by atoms with Gasteiger partial charge in [0.15, 0.2) is 0 Å². The maximum atomic E-state index is 11.2. The van der Waals surface area contributed by atoms with E-state index in [2.05, 4.69) is 38.1 Å². The van der Waals surface area contributed by atoms with Gasteiger partial charge in [-0.3, -0.25) is 9.00 Å². The molecule has 3 aromatic rings. The van der Waals surface area contributed by atoms with Crippen molar-refractivity contribution < 1.29 is 28.3 Å². The number of fused-ring (bicyclic) bond motifs is 1. The lowest BCUT2D eigenvalue weighted by molar-refractivity contribution is -0.137. The SMILES string of the molecule is Cc1cc(OCCCS(C)=O)cc(C)c1-c1cccc(COc2ccc3c(c2)OC[C@H]3CC(=O)O)c1. The zero-order valence-electron chi connectivity index (χ0n) is 20.9. The standard InChI is InChI=1S/C29H32O6S/c1-19-12-25(33-10-5-11-36(3)32)13-20(2)29(19)22-7-4-6-21(14-22)17-34-24-8-9-26-23(15-28(30)31)18-35-27(26)16-24/h4,6-9,12-14,16,23H,5,10-11,15,17-18H2,1-3H3,(H,30,31)/t23-,36?/m1/s1. The molecule has 190 valence electrons. The third kappa shape index (κ3) is 6.46.